The van der Waals surface area contributed by atoms with Gasteiger partial charge in [0, 0.05) is 5.75 Å². The van der Waals surface area contributed by atoms with Crippen LogP contribution in [-0.2, 0) is 18.3 Å². The first-order valence-corrected chi connectivity index (χ1v) is 7.62. The summed E-state index contributed by atoms with van der Waals surface area (Å²) in [6.45, 7) is 5.44. The zero-order valence-corrected chi connectivity index (χ0v) is 13.1. The largest absolute Gasteiger partial charge is 0.416 e. The van der Waals surface area contributed by atoms with Gasteiger partial charge in [0.15, 0.2) is 0 Å². The van der Waals surface area contributed by atoms with Gasteiger partial charge in [0.1, 0.15) is 0 Å². The van der Waals surface area contributed by atoms with Gasteiger partial charge in [-0.1, -0.05) is 30.0 Å². The van der Waals surface area contributed by atoms with Crippen LogP contribution in [0.3, 0.4) is 0 Å². The second-order valence-corrected chi connectivity index (χ2v) is 6.02. The second kappa shape index (κ2) is 6.71. The first kappa shape index (κ1) is 17.5. The Bertz CT molecular complexity index is 685. The van der Waals surface area contributed by atoms with Gasteiger partial charge in [0.05, 0.1) is 17.7 Å². The molecule has 2 rings (SSSR count). The van der Waals surface area contributed by atoms with Crippen molar-refractivity contribution in [3.05, 3.63) is 48.0 Å². The lowest BCUT2D eigenvalue weighted by Gasteiger charge is -2.24. The number of aliphatic hydroxyl groups is 1. The Labute approximate surface area is 135 Å². The first-order chi connectivity index (χ1) is 10.7. The van der Waals surface area contributed by atoms with E-state index >= 15 is 0 Å². The van der Waals surface area contributed by atoms with Gasteiger partial charge >= 0.3 is 6.18 Å². The fraction of sp³-hybridized carbons (Fsp3) is 0.357. The molecule has 5 nitrogen and oxygen atoms in total. The summed E-state index contributed by atoms with van der Waals surface area (Å²) in [6, 6.07) is 4.66. The molecule has 2 aromatic rings. The molecule has 0 spiro atoms. The molecule has 0 aliphatic carbocycles. The summed E-state index contributed by atoms with van der Waals surface area (Å²) < 4.78 is 39.8. The summed E-state index contributed by atoms with van der Waals surface area (Å²) in [4.78, 5) is 0. The van der Waals surface area contributed by atoms with Crippen molar-refractivity contribution < 1.29 is 18.3 Å². The first-order valence-electron chi connectivity index (χ1n) is 6.64. The number of thioether (sulfide) groups is 1. The summed E-state index contributed by atoms with van der Waals surface area (Å²) in [6.07, 6.45) is -2.83. The SMILES string of the molecule is C=CCn1nnnc1SCC(C)(O)c1cccc(C(F)(F)F)c1. The van der Waals surface area contributed by atoms with E-state index in [4.69, 9.17) is 0 Å². The molecule has 23 heavy (non-hydrogen) atoms. The topological polar surface area (TPSA) is 63.8 Å². The van der Waals surface area contributed by atoms with Crippen LogP contribution in [0.1, 0.15) is 18.1 Å². The Kier molecular flexibility index (Phi) is 5.10. The van der Waals surface area contributed by atoms with Crippen LogP contribution in [-0.4, -0.2) is 31.1 Å². The average molecular weight is 344 g/mol. The number of tetrazole rings is 1. The number of aromatic nitrogens is 4. The Morgan fingerprint density at radius 2 is 2.04 bits per heavy atom. The van der Waals surface area contributed by atoms with Crippen molar-refractivity contribution in [2.24, 2.45) is 0 Å². The molecule has 1 atom stereocenters. The van der Waals surface area contributed by atoms with E-state index in [0.29, 0.717) is 11.7 Å². The van der Waals surface area contributed by atoms with Crippen molar-refractivity contribution >= 4 is 11.8 Å². The number of rotatable bonds is 6. The third-order valence-electron chi connectivity index (χ3n) is 3.10. The maximum Gasteiger partial charge on any atom is 0.416 e. The molecule has 0 aliphatic heterocycles. The fourth-order valence-corrected chi connectivity index (χ4v) is 2.79. The smallest absolute Gasteiger partial charge is 0.385 e. The van der Waals surface area contributed by atoms with Gasteiger partial charge in [-0.25, -0.2) is 4.68 Å². The Balaban J connectivity index is 2.15. The average Bonchev–Trinajstić information content (AvgIpc) is 2.92. The molecule has 1 unspecified atom stereocenters. The highest BCUT2D eigenvalue weighted by Crippen LogP contribution is 2.34. The Morgan fingerprint density at radius 3 is 2.70 bits per heavy atom. The van der Waals surface area contributed by atoms with Crippen LogP contribution in [0.5, 0.6) is 0 Å². The number of allylic oxidation sites excluding steroid dienone is 1. The van der Waals surface area contributed by atoms with E-state index < -0.39 is 17.3 Å². The molecule has 0 saturated heterocycles. The van der Waals surface area contributed by atoms with Crippen molar-refractivity contribution in [3.8, 4) is 0 Å². The number of nitrogens with zero attached hydrogens (tertiary/aromatic N) is 4. The molecule has 124 valence electrons. The molecule has 0 aliphatic rings. The second-order valence-electron chi connectivity index (χ2n) is 5.07. The highest BCUT2D eigenvalue weighted by molar-refractivity contribution is 7.99. The summed E-state index contributed by atoms with van der Waals surface area (Å²) in [7, 11) is 0. The van der Waals surface area contributed by atoms with Crippen LogP contribution >= 0.6 is 11.8 Å². The molecule has 0 fully saturated rings. The van der Waals surface area contributed by atoms with E-state index in [2.05, 4.69) is 22.1 Å². The van der Waals surface area contributed by atoms with Crippen LogP contribution in [0.25, 0.3) is 0 Å². The van der Waals surface area contributed by atoms with E-state index in [0.717, 1.165) is 23.9 Å². The van der Waals surface area contributed by atoms with Crippen molar-refractivity contribution in [2.45, 2.75) is 30.4 Å². The van der Waals surface area contributed by atoms with E-state index in [1.54, 1.807) is 6.08 Å². The molecule has 0 bridgehead atoms. The minimum absolute atomic E-state index is 0.103. The number of alkyl halides is 3. The Hall–Kier alpha value is -1.87. The quantitative estimate of drug-likeness (QED) is 0.645. The molecule has 1 aromatic carbocycles. The molecule has 0 saturated carbocycles. The lowest BCUT2D eigenvalue weighted by Crippen LogP contribution is -2.25. The molecular weight excluding hydrogens is 329 g/mol. The van der Waals surface area contributed by atoms with Crippen LogP contribution in [0.15, 0.2) is 42.1 Å². The van der Waals surface area contributed by atoms with Gasteiger partial charge in [-0.05, 0) is 35.0 Å². The van der Waals surface area contributed by atoms with Gasteiger partial charge in [-0.2, -0.15) is 13.2 Å². The number of hydrogen-bond donors (Lipinski definition) is 1. The van der Waals surface area contributed by atoms with Crippen LogP contribution < -0.4 is 0 Å². The van der Waals surface area contributed by atoms with E-state index in [-0.39, 0.29) is 11.3 Å². The molecule has 0 amide bonds. The number of hydrogen-bond acceptors (Lipinski definition) is 5. The van der Waals surface area contributed by atoms with E-state index in [9.17, 15) is 18.3 Å². The number of halogens is 3. The highest BCUT2D eigenvalue weighted by Gasteiger charge is 2.33. The maximum absolute atomic E-state index is 12.8. The molecular formula is C14H15F3N4OS. The predicted molar refractivity (Wildman–Crippen MR) is 79.8 cm³/mol. The van der Waals surface area contributed by atoms with Crippen LogP contribution in [0.4, 0.5) is 13.2 Å². The third kappa shape index (κ3) is 4.32. The molecule has 1 N–H and O–H groups in total. The van der Waals surface area contributed by atoms with Crippen molar-refractivity contribution in [1.29, 1.82) is 0 Å². The van der Waals surface area contributed by atoms with Crippen LogP contribution in [0.2, 0.25) is 0 Å². The van der Waals surface area contributed by atoms with Crippen molar-refractivity contribution in [1.82, 2.24) is 20.2 Å². The van der Waals surface area contributed by atoms with Gasteiger partial charge in [-0.15, -0.1) is 11.7 Å². The molecule has 0 radical (unpaired) electrons. The molecule has 1 heterocycles. The predicted octanol–water partition coefficient (Wildman–Crippen LogP) is 2.88. The normalized spacial score (nSPS) is 14.5. The fourth-order valence-electron chi connectivity index (χ4n) is 1.86. The molecule has 1 aromatic heterocycles. The van der Waals surface area contributed by atoms with Crippen molar-refractivity contribution in [2.75, 3.05) is 5.75 Å². The van der Waals surface area contributed by atoms with Gasteiger partial charge in [0.2, 0.25) is 5.16 Å². The van der Waals surface area contributed by atoms with Gasteiger partial charge in [-0.3, -0.25) is 0 Å². The summed E-state index contributed by atoms with van der Waals surface area (Å²) >= 11 is 1.16. The summed E-state index contributed by atoms with van der Waals surface area (Å²) in [5.41, 5.74) is -2.07. The van der Waals surface area contributed by atoms with Gasteiger partial charge in [0.25, 0.3) is 0 Å². The summed E-state index contributed by atoms with van der Waals surface area (Å²) in [5.74, 6) is 0.103. The zero-order valence-electron chi connectivity index (χ0n) is 12.3. The lowest BCUT2D eigenvalue weighted by atomic mass is 9.96. The van der Waals surface area contributed by atoms with Crippen molar-refractivity contribution in [3.63, 3.8) is 0 Å². The third-order valence-corrected chi connectivity index (χ3v) is 4.35. The van der Waals surface area contributed by atoms with E-state index in [1.807, 2.05) is 0 Å². The maximum atomic E-state index is 12.8. The number of benzene rings is 1. The standard InChI is InChI=1S/C14H15F3N4OS/c1-3-7-21-12(18-19-20-21)23-9-13(2,22)10-5-4-6-11(8-10)14(15,16)17/h3-6,8,22H,1,7,9H2,2H3. The molecule has 9 heteroatoms. The monoisotopic (exact) mass is 344 g/mol. The Morgan fingerprint density at radius 1 is 1.35 bits per heavy atom. The van der Waals surface area contributed by atoms with E-state index in [1.165, 1.54) is 23.7 Å². The van der Waals surface area contributed by atoms with Crippen LogP contribution in [0, 0.1) is 0 Å². The minimum Gasteiger partial charge on any atom is -0.385 e. The summed E-state index contributed by atoms with van der Waals surface area (Å²) in [5, 5.41) is 22.1. The highest BCUT2D eigenvalue weighted by atomic mass is 32.2. The lowest BCUT2D eigenvalue weighted by molar-refractivity contribution is -0.137. The van der Waals surface area contributed by atoms with Gasteiger partial charge < -0.3 is 5.11 Å². The zero-order chi connectivity index (χ0) is 17.1. The minimum atomic E-state index is -4.45.